The second-order valence-corrected chi connectivity index (χ2v) is 6.85. The van der Waals surface area contributed by atoms with Crippen LogP contribution in [0.1, 0.15) is 12.5 Å². The minimum absolute atomic E-state index is 0.0544. The highest BCUT2D eigenvalue weighted by atomic mass is 32.2. The minimum atomic E-state index is -3.42. The van der Waals surface area contributed by atoms with Gasteiger partial charge in [0.2, 0.25) is 10.0 Å². The molecule has 0 aliphatic carbocycles. The van der Waals surface area contributed by atoms with Crippen LogP contribution in [-0.2, 0) is 21.2 Å². The summed E-state index contributed by atoms with van der Waals surface area (Å²) in [4.78, 5) is 0.353. The average molecular weight is 283 g/mol. The molecule has 1 fully saturated rings. The second kappa shape index (κ2) is 4.77. The largest absolute Gasteiger partial charge is 0.493 e. The van der Waals surface area contributed by atoms with Crippen LogP contribution >= 0.6 is 0 Å². The molecular formula is C13H17NO4S. The highest BCUT2D eigenvalue weighted by molar-refractivity contribution is 7.89. The highest BCUT2D eigenvalue weighted by Crippen LogP contribution is 2.29. The molecule has 0 amide bonds. The molecule has 1 aromatic rings. The number of hydrogen-bond acceptors (Lipinski definition) is 4. The molecular weight excluding hydrogens is 266 g/mol. The molecule has 1 aromatic carbocycles. The molecule has 1 atom stereocenters. The number of benzene rings is 1. The van der Waals surface area contributed by atoms with E-state index in [4.69, 9.17) is 9.47 Å². The standard InChI is InChI=1S/C13H17NO4S/c1-10-9-14(5-7-17-10)19(15,16)12-2-3-13-11(8-12)4-6-18-13/h2-3,8,10H,4-7,9H2,1H3/t10-/m1/s1. The van der Waals surface area contributed by atoms with E-state index in [0.29, 0.717) is 31.2 Å². The lowest BCUT2D eigenvalue weighted by atomic mass is 10.2. The molecule has 6 heteroatoms. The molecule has 0 aromatic heterocycles. The first-order valence-electron chi connectivity index (χ1n) is 6.45. The fourth-order valence-corrected chi connectivity index (χ4v) is 4.03. The van der Waals surface area contributed by atoms with Crippen LogP contribution < -0.4 is 4.74 Å². The van der Waals surface area contributed by atoms with Gasteiger partial charge in [-0.05, 0) is 30.7 Å². The summed E-state index contributed by atoms with van der Waals surface area (Å²) in [5, 5.41) is 0. The monoisotopic (exact) mass is 283 g/mol. The van der Waals surface area contributed by atoms with E-state index in [-0.39, 0.29) is 6.10 Å². The third-order valence-corrected chi connectivity index (χ3v) is 5.36. The summed E-state index contributed by atoms with van der Waals surface area (Å²) in [6.07, 6.45) is 0.722. The van der Waals surface area contributed by atoms with E-state index in [2.05, 4.69) is 0 Å². The maximum Gasteiger partial charge on any atom is 0.243 e. The number of fused-ring (bicyclic) bond motifs is 1. The minimum Gasteiger partial charge on any atom is -0.493 e. The lowest BCUT2D eigenvalue weighted by Crippen LogP contribution is -2.44. The van der Waals surface area contributed by atoms with Crippen LogP contribution in [-0.4, -0.2) is 45.1 Å². The first-order chi connectivity index (χ1) is 9.07. The van der Waals surface area contributed by atoms with Gasteiger partial charge in [0.25, 0.3) is 0 Å². The van der Waals surface area contributed by atoms with Crippen LogP contribution in [0.15, 0.2) is 23.1 Å². The van der Waals surface area contributed by atoms with Crippen molar-refractivity contribution in [3.63, 3.8) is 0 Å². The van der Waals surface area contributed by atoms with E-state index in [1.807, 2.05) is 6.92 Å². The van der Waals surface area contributed by atoms with Crippen LogP contribution in [0, 0.1) is 0 Å². The highest BCUT2D eigenvalue weighted by Gasteiger charge is 2.30. The fourth-order valence-electron chi connectivity index (χ4n) is 2.48. The first-order valence-corrected chi connectivity index (χ1v) is 7.89. The zero-order chi connectivity index (χ0) is 13.5. The lowest BCUT2D eigenvalue weighted by molar-refractivity contribution is 0.0102. The van der Waals surface area contributed by atoms with E-state index < -0.39 is 10.0 Å². The number of rotatable bonds is 2. The molecule has 0 bridgehead atoms. The lowest BCUT2D eigenvalue weighted by Gasteiger charge is -2.30. The van der Waals surface area contributed by atoms with Crippen molar-refractivity contribution in [2.24, 2.45) is 0 Å². The van der Waals surface area contributed by atoms with Gasteiger partial charge in [-0.1, -0.05) is 0 Å². The molecule has 5 nitrogen and oxygen atoms in total. The van der Waals surface area contributed by atoms with Crippen molar-refractivity contribution in [2.45, 2.75) is 24.3 Å². The molecule has 0 radical (unpaired) electrons. The van der Waals surface area contributed by atoms with Gasteiger partial charge in [-0.2, -0.15) is 4.31 Å². The molecule has 0 saturated carbocycles. The Balaban J connectivity index is 1.91. The predicted octanol–water partition coefficient (Wildman–Crippen LogP) is 1.03. The first kappa shape index (κ1) is 12.9. The summed E-state index contributed by atoms with van der Waals surface area (Å²) in [6, 6.07) is 5.11. The summed E-state index contributed by atoms with van der Waals surface area (Å²) in [6.45, 7) is 3.80. The van der Waals surface area contributed by atoms with E-state index in [0.717, 1.165) is 17.7 Å². The van der Waals surface area contributed by atoms with Gasteiger partial charge in [-0.3, -0.25) is 0 Å². The molecule has 0 unspecified atom stereocenters. The predicted molar refractivity (Wildman–Crippen MR) is 69.8 cm³/mol. The van der Waals surface area contributed by atoms with Gasteiger partial charge in [-0.25, -0.2) is 8.42 Å². The Labute approximate surface area is 113 Å². The summed E-state index contributed by atoms with van der Waals surface area (Å²) in [7, 11) is -3.42. The Morgan fingerprint density at radius 2 is 2.16 bits per heavy atom. The van der Waals surface area contributed by atoms with Crippen LogP contribution in [0.2, 0.25) is 0 Å². The van der Waals surface area contributed by atoms with Crippen molar-refractivity contribution in [1.82, 2.24) is 4.31 Å². The Hall–Kier alpha value is -1.11. The van der Waals surface area contributed by atoms with E-state index in [1.54, 1.807) is 18.2 Å². The topological polar surface area (TPSA) is 55.8 Å². The molecule has 0 N–H and O–H groups in total. The normalized spacial score (nSPS) is 23.9. The number of hydrogen-bond donors (Lipinski definition) is 0. The summed E-state index contributed by atoms with van der Waals surface area (Å²) in [5.74, 6) is 0.800. The number of nitrogens with zero attached hydrogens (tertiary/aromatic N) is 1. The SMILES string of the molecule is C[C@@H]1CN(S(=O)(=O)c2ccc3c(c2)CCO3)CCO1. The molecule has 3 rings (SSSR count). The molecule has 104 valence electrons. The molecule has 2 aliphatic heterocycles. The fraction of sp³-hybridized carbons (Fsp3) is 0.538. The van der Waals surface area contributed by atoms with Crippen molar-refractivity contribution in [3.8, 4) is 5.75 Å². The zero-order valence-electron chi connectivity index (χ0n) is 10.8. The Morgan fingerprint density at radius 3 is 2.95 bits per heavy atom. The van der Waals surface area contributed by atoms with Gasteiger partial charge in [0.15, 0.2) is 0 Å². The Morgan fingerprint density at radius 1 is 1.32 bits per heavy atom. The Bertz CT molecular complexity index is 584. The zero-order valence-corrected chi connectivity index (χ0v) is 11.6. The van der Waals surface area contributed by atoms with Gasteiger partial charge in [0, 0.05) is 19.5 Å². The molecule has 19 heavy (non-hydrogen) atoms. The van der Waals surface area contributed by atoms with Gasteiger partial charge in [-0.15, -0.1) is 0 Å². The molecule has 2 heterocycles. The van der Waals surface area contributed by atoms with Crippen molar-refractivity contribution in [1.29, 1.82) is 0 Å². The summed E-state index contributed by atoms with van der Waals surface area (Å²) in [5.41, 5.74) is 0.974. The van der Waals surface area contributed by atoms with Gasteiger partial charge in [0.1, 0.15) is 5.75 Å². The van der Waals surface area contributed by atoms with Gasteiger partial charge < -0.3 is 9.47 Å². The van der Waals surface area contributed by atoms with Gasteiger partial charge in [0.05, 0.1) is 24.2 Å². The maximum absolute atomic E-state index is 12.6. The van der Waals surface area contributed by atoms with Crippen molar-refractivity contribution < 1.29 is 17.9 Å². The number of ether oxygens (including phenoxy) is 2. The maximum atomic E-state index is 12.6. The van der Waals surface area contributed by atoms with Crippen molar-refractivity contribution >= 4 is 10.0 Å². The van der Waals surface area contributed by atoms with Crippen molar-refractivity contribution in [3.05, 3.63) is 23.8 Å². The van der Waals surface area contributed by atoms with Crippen molar-refractivity contribution in [2.75, 3.05) is 26.3 Å². The third kappa shape index (κ3) is 2.35. The average Bonchev–Trinajstić information content (AvgIpc) is 2.85. The van der Waals surface area contributed by atoms with E-state index in [1.165, 1.54) is 4.31 Å². The summed E-state index contributed by atoms with van der Waals surface area (Å²) < 4.78 is 37.4. The van der Waals surface area contributed by atoms with Crippen LogP contribution in [0.3, 0.4) is 0 Å². The molecule has 2 aliphatic rings. The third-order valence-electron chi connectivity index (χ3n) is 3.50. The van der Waals surface area contributed by atoms with Crippen LogP contribution in [0.4, 0.5) is 0 Å². The van der Waals surface area contributed by atoms with E-state index >= 15 is 0 Å². The van der Waals surface area contributed by atoms with Crippen LogP contribution in [0.5, 0.6) is 5.75 Å². The summed E-state index contributed by atoms with van der Waals surface area (Å²) >= 11 is 0. The quantitative estimate of drug-likeness (QED) is 0.813. The number of sulfonamides is 1. The number of morpholine rings is 1. The Kier molecular flexibility index (Phi) is 3.24. The molecule has 1 saturated heterocycles. The van der Waals surface area contributed by atoms with Gasteiger partial charge >= 0.3 is 0 Å². The van der Waals surface area contributed by atoms with Crippen LogP contribution in [0.25, 0.3) is 0 Å². The molecule has 0 spiro atoms. The smallest absolute Gasteiger partial charge is 0.243 e. The van der Waals surface area contributed by atoms with E-state index in [9.17, 15) is 8.42 Å². The second-order valence-electron chi connectivity index (χ2n) is 4.91.